The average molecular weight is 327 g/mol. The van der Waals surface area contributed by atoms with Crippen LogP contribution in [0, 0.1) is 24.0 Å². The van der Waals surface area contributed by atoms with Crippen LogP contribution in [-0.2, 0) is 11.2 Å². The number of non-ortho nitro benzene ring substituents is 1. The van der Waals surface area contributed by atoms with E-state index in [4.69, 9.17) is 0 Å². The predicted molar refractivity (Wildman–Crippen MR) is 94.2 cm³/mol. The largest absolute Gasteiger partial charge is 0.383 e. The molecule has 0 aromatic heterocycles. The van der Waals surface area contributed by atoms with Crippen LogP contribution in [0.15, 0.2) is 42.5 Å². The van der Waals surface area contributed by atoms with E-state index in [-0.39, 0.29) is 11.6 Å². The summed E-state index contributed by atoms with van der Waals surface area (Å²) in [5.41, 5.74) is 4.23. The third-order valence-corrected chi connectivity index (χ3v) is 3.79. The summed E-state index contributed by atoms with van der Waals surface area (Å²) in [6, 6.07) is 12.2. The van der Waals surface area contributed by atoms with Crippen LogP contribution in [0.5, 0.6) is 0 Å². The average Bonchev–Trinajstić information content (AvgIpc) is 2.55. The molecule has 0 fully saturated rings. The first kappa shape index (κ1) is 17.5. The summed E-state index contributed by atoms with van der Waals surface area (Å²) in [7, 11) is 0. The molecule has 0 saturated heterocycles. The van der Waals surface area contributed by atoms with Gasteiger partial charge in [-0.2, -0.15) is 0 Å². The second-order valence-electron chi connectivity index (χ2n) is 5.68. The number of nitrogens with zero attached hydrogens (tertiary/aromatic N) is 1. The van der Waals surface area contributed by atoms with E-state index in [9.17, 15) is 14.9 Å². The Hall–Kier alpha value is -2.89. The predicted octanol–water partition coefficient (Wildman–Crippen LogP) is 2.98. The number of anilines is 1. The summed E-state index contributed by atoms with van der Waals surface area (Å²) < 4.78 is 0. The smallest absolute Gasteiger partial charge is 0.269 e. The Kier molecular flexibility index (Phi) is 5.89. The third-order valence-electron chi connectivity index (χ3n) is 3.79. The van der Waals surface area contributed by atoms with Crippen LogP contribution in [0.4, 0.5) is 11.4 Å². The minimum atomic E-state index is -0.434. The van der Waals surface area contributed by atoms with Crippen LogP contribution < -0.4 is 10.6 Å². The Labute approximate surface area is 141 Å². The van der Waals surface area contributed by atoms with Crippen molar-refractivity contribution in [3.8, 4) is 0 Å². The standard InChI is InChI=1S/C18H21N3O3/c1-13-3-4-15(11-14(13)2)12-18(22)20-10-9-19-16-5-7-17(8-6-16)21(23)24/h3-8,11,19H,9-10,12H2,1-2H3,(H,20,22). The Bertz CT molecular complexity index is 727. The number of carbonyl (C=O) groups excluding carboxylic acids is 1. The second kappa shape index (κ2) is 8.10. The van der Waals surface area contributed by atoms with Crippen LogP contribution in [0.2, 0.25) is 0 Å². The molecule has 6 heteroatoms. The van der Waals surface area contributed by atoms with Gasteiger partial charge in [0, 0.05) is 30.9 Å². The SMILES string of the molecule is Cc1ccc(CC(=O)NCCNc2ccc([N+](=O)[O-])cc2)cc1C. The number of aryl methyl sites for hydroxylation is 2. The molecule has 2 aromatic carbocycles. The molecule has 24 heavy (non-hydrogen) atoms. The highest BCUT2D eigenvalue weighted by Crippen LogP contribution is 2.15. The number of hydrogen-bond acceptors (Lipinski definition) is 4. The Balaban J connectivity index is 1.72. The summed E-state index contributed by atoms with van der Waals surface area (Å²) in [6.07, 6.45) is 0.360. The van der Waals surface area contributed by atoms with Crippen LogP contribution in [-0.4, -0.2) is 23.9 Å². The van der Waals surface area contributed by atoms with Crippen molar-refractivity contribution in [3.05, 3.63) is 69.3 Å². The summed E-state index contributed by atoms with van der Waals surface area (Å²) in [5, 5.41) is 16.5. The molecule has 126 valence electrons. The van der Waals surface area contributed by atoms with Gasteiger partial charge in [-0.1, -0.05) is 18.2 Å². The molecular weight excluding hydrogens is 306 g/mol. The summed E-state index contributed by atoms with van der Waals surface area (Å²) in [5.74, 6) is -0.0243. The molecule has 2 rings (SSSR count). The fraction of sp³-hybridized carbons (Fsp3) is 0.278. The quantitative estimate of drug-likeness (QED) is 0.465. The van der Waals surface area contributed by atoms with E-state index in [0.29, 0.717) is 19.5 Å². The highest BCUT2D eigenvalue weighted by molar-refractivity contribution is 5.78. The Morgan fingerprint density at radius 2 is 1.75 bits per heavy atom. The molecule has 0 heterocycles. The number of benzene rings is 2. The van der Waals surface area contributed by atoms with Crippen molar-refractivity contribution in [2.75, 3.05) is 18.4 Å². The number of amides is 1. The number of nitrogens with one attached hydrogen (secondary N) is 2. The number of hydrogen-bond donors (Lipinski definition) is 2. The van der Waals surface area contributed by atoms with Crippen LogP contribution in [0.1, 0.15) is 16.7 Å². The summed E-state index contributed by atoms with van der Waals surface area (Å²) in [6.45, 7) is 5.12. The van der Waals surface area contributed by atoms with E-state index in [2.05, 4.69) is 10.6 Å². The zero-order valence-electron chi connectivity index (χ0n) is 13.8. The lowest BCUT2D eigenvalue weighted by Gasteiger charge is -2.09. The topological polar surface area (TPSA) is 84.3 Å². The van der Waals surface area contributed by atoms with Gasteiger partial charge in [-0.25, -0.2) is 0 Å². The van der Waals surface area contributed by atoms with Gasteiger partial charge in [0.05, 0.1) is 11.3 Å². The summed E-state index contributed by atoms with van der Waals surface area (Å²) in [4.78, 5) is 22.1. The van der Waals surface area contributed by atoms with Gasteiger partial charge >= 0.3 is 0 Å². The van der Waals surface area contributed by atoms with Crippen LogP contribution >= 0.6 is 0 Å². The van der Waals surface area contributed by atoms with E-state index in [1.807, 2.05) is 32.0 Å². The van der Waals surface area contributed by atoms with Gasteiger partial charge in [-0.3, -0.25) is 14.9 Å². The van der Waals surface area contributed by atoms with Gasteiger partial charge < -0.3 is 10.6 Å². The zero-order valence-corrected chi connectivity index (χ0v) is 13.8. The molecule has 2 aromatic rings. The van der Waals surface area contributed by atoms with Gasteiger partial charge in [0.2, 0.25) is 5.91 Å². The lowest BCUT2D eigenvalue weighted by atomic mass is 10.0. The van der Waals surface area contributed by atoms with Crippen molar-refractivity contribution in [3.63, 3.8) is 0 Å². The first-order valence-corrected chi connectivity index (χ1v) is 7.77. The number of nitro groups is 1. The molecule has 6 nitrogen and oxygen atoms in total. The molecular formula is C18H21N3O3. The fourth-order valence-corrected chi connectivity index (χ4v) is 2.27. The molecule has 1 amide bonds. The maximum absolute atomic E-state index is 11.9. The molecule has 0 bridgehead atoms. The maximum atomic E-state index is 11.9. The first-order valence-electron chi connectivity index (χ1n) is 7.77. The van der Waals surface area contributed by atoms with Crippen LogP contribution in [0.25, 0.3) is 0 Å². The number of carbonyl (C=O) groups is 1. The van der Waals surface area contributed by atoms with E-state index in [0.717, 1.165) is 11.3 Å². The maximum Gasteiger partial charge on any atom is 0.269 e. The minimum Gasteiger partial charge on any atom is -0.383 e. The number of nitro benzene ring substituents is 1. The molecule has 2 N–H and O–H groups in total. The molecule has 0 aliphatic rings. The molecule has 0 aliphatic carbocycles. The van der Waals surface area contributed by atoms with E-state index >= 15 is 0 Å². The summed E-state index contributed by atoms with van der Waals surface area (Å²) >= 11 is 0. The van der Waals surface area contributed by atoms with Crippen molar-refractivity contribution in [2.24, 2.45) is 0 Å². The van der Waals surface area contributed by atoms with E-state index in [1.165, 1.54) is 23.3 Å². The van der Waals surface area contributed by atoms with Crippen LogP contribution in [0.3, 0.4) is 0 Å². The van der Waals surface area contributed by atoms with Crippen molar-refractivity contribution >= 4 is 17.3 Å². The number of rotatable bonds is 7. The lowest BCUT2D eigenvalue weighted by molar-refractivity contribution is -0.384. The normalized spacial score (nSPS) is 10.2. The Morgan fingerprint density at radius 1 is 1.04 bits per heavy atom. The van der Waals surface area contributed by atoms with Crippen molar-refractivity contribution in [1.82, 2.24) is 5.32 Å². The van der Waals surface area contributed by atoms with Gasteiger partial charge in [0.25, 0.3) is 5.69 Å². The highest BCUT2D eigenvalue weighted by Gasteiger charge is 2.05. The van der Waals surface area contributed by atoms with Crippen molar-refractivity contribution in [1.29, 1.82) is 0 Å². The van der Waals surface area contributed by atoms with Gasteiger partial charge in [0.15, 0.2) is 0 Å². The Morgan fingerprint density at radius 3 is 2.38 bits per heavy atom. The molecule has 0 aliphatic heterocycles. The van der Waals surface area contributed by atoms with Crippen molar-refractivity contribution < 1.29 is 9.72 Å². The van der Waals surface area contributed by atoms with Crippen molar-refractivity contribution in [2.45, 2.75) is 20.3 Å². The highest BCUT2D eigenvalue weighted by atomic mass is 16.6. The second-order valence-corrected chi connectivity index (χ2v) is 5.68. The fourth-order valence-electron chi connectivity index (χ4n) is 2.27. The molecule has 0 saturated carbocycles. The zero-order chi connectivity index (χ0) is 17.5. The molecule has 0 spiro atoms. The van der Waals surface area contributed by atoms with Gasteiger partial charge in [-0.05, 0) is 42.7 Å². The lowest BCUT2D eigenvalue weighted by Crippen LogP contribution is -2.30. The molecule has 0 unspecified atom stereocenters. The monoisotopic (exact) mass is 327 g/mol. The van der Waals surface area contributed by atoms with Gasteiger partial charge in [0.1, 0.15) is 0 Å². The minimum absolute atomic E-state index is 0.0243. The van der Waals surface area contributed by atoms with E-state index in [1.54, 1.807) is 12.1 Å². The first-order chi connectivity index (χ1) is 11.5. The van der Waals surface area contributed by atoms with E-state index < -0.39 is 4.92 Å². The third kappa shape index (κ3) is 5.08. The molecule has 0 atom stereocenters. The van der Waals surface area contributed by atoms with Gasteiger partial charge in [-0.15, -0.1) is 0 Å². The molecule has 0 radical (unpaired) electrons.